The molecule has 0 saturated carbocycles. The summed E-state index contributed by atoms with van der Waals surface area (Å²) in [5.41, 5.74) is 4.13. The van der Waals surface area contributed by atoms with Crippen molar-refractivity contribution in [2.24, 2.45) is 0 Å². The van der Waals surface area contributed by atoms with Crippen LogP contribution >= 0.6 is 12.4 Å². The van der Waals surface area contributed by atoms with E-state index in [1.807, 2.05) is 42.6 Å². The number of methoxy groups -OCH3 is 1. The van der Waals surface area contributed by atoms with Crippen molar-refractivity contribution in [3.63, 3.8) is 0 Å². The molecule has 0 radical (unpaired) electrons. The second-order valence-electron chi connectivity index (χ2n) is 5.93. The zero-order chi connectivity index (χ0) is 18.5. The molecule has 0 atom stereocenters. The first-order valence-electron chi connectivity index (χ1n) is 8.51. The molecule has 0 aliphatic heterocycles. The normalized spacial score (nSPS) is 10.5. The maximum absolute atomic E-state index is 5.31. The molecule has 0 aliphatic rings. The van der Waals surface area contributed by atoms with Crippen LogP contribution in [0.2, 0.25) is 0 Å². The zero-order valence-electron chi connectivity index (χ0n) is 15.2. The molecule has 2 N–H and O–H groups in total. The van der Waals surface area contributed by atoms with Gasteiger partial charge in [-0.05, 0) is 18.2 Å². The maximum atomic E-state index is 5.31. The lowest BCUT2D eigenvalue weighted by atomic mass is 10.1. The Morgan fingerprint density at radius 2 is 2.04 bits per heavy atom. The first-order valence-corrected chi connectivity index (χ1v) is 8.51. The molecule has 0 aliphatic carbocycles. The Morgan fingerprint density at radius 3 is 2.86 bits per heavy atom. The number of nitrogens with zero attached hydrogens (tertiary/aromatic N) is 5. The van der Waals surface area contributed by atoms with Gasteiger partial charge in [-0.15, -0.1) is 12.4 Å². The van der Waals surface area contributed by atoms with E-state index in [1.54, 1.807) is 24.3 Å². The van der Waals surface area contributed by atoms with Gasteiger partial charge < -0.3 is 10.1 Å². The van der Waals surface area contributed by atoms with E-state index in [1.165, 1.54) is 6.33 Å². The summed E-state index contributed by atoms with van der Waals surface area (Å²) in [6.45, 7) is 1.31. The maximum Gasteiger partial charge on any atom is 0.159 e. The number of aromatic amines is 1. The Morgan fingerprint density at radius 1 is 1.14 bits per heavy atom. The van der Waals surface area contributed by atoms with Crippen LogP contribution in [0, 0.1) is 0 Å². The fraction of sp³-hybridized carbons (Fsp3) is 0.158. The van der Waals surface area contributed by atoms with E-state index in [2.05, 4.69) is 30.6 Å². The number of hydrogen-bond donors (Lipinski definition) is 2. The fourth-order valence-electron chi connectivity index (χ4n) is 2.90. The molecule has 3 heterocycles. The Kier molecular flexibility index (Phi) is 6.36. The van der Waals surface area contributed by atoms with Gasteiger partial charge in [0.05, 0.1) is 19.0 Å². The number of hydrogen-bond acceptors (Lipinski definition) is 6. The Hall–Kier alpha value is -3.23. The third kappa shape index (κ3) is 4.19. The molecule has 0 fully saturated rings. The van der Waals surface area contributed by atoms with E-state index in [9.17, 15) is 0 Å². The Labute approximate surface area is 168 Å². The second-order valence-corrected chi connectivity index (χ2v) is 5.93. The van der Waals surface area contributed by atoms with E-state index in [4.69, 9.17) is 4.74 Å². The lowest BCUT2D eigenvalue weighted by molar-refractivity contribution is 0.415. The van der Waals surface area contributed by atoms with E-state index >= 15 is 0 Å². The quantitative estimate of drug-likeness (QED) is 0.498. The van der Waals surface area contributed by atoms with E-state index in [0.29, 0.717) is 13.1 Å². The molecule has 28 heavy (non-hydrogen) atoms. The molecule has 4 aromatic rings. The van der Waals surface area contributed by atoms with Crippen LogP contribution in [0.15, 0.2) is 61.4 Å². The van der Waals surface area contributed by atoms with Gasteiger partial charge >= 0.3 is 0 Å². The van der Waals surface area contributed by atoms with Crippen molar-refractivity contribution in [2.45, 2.75) is 13.1 Å². The van der Waals surface area contributed by atoms with Gasteiger partial charge in [-0.1, -0.05) is 18.2 Å². The van der Waals surface area contributed by atoms with Gasteiger partial charge in [0.2, 0.25) is 0 Å². The largest absolute Gasteiger partial charge is 0.497 e. The number of pyridine rings is 1. The third-order valence-corrected chi connectivity index (χ3v) is 4.21. The summed E-state index contributed by atoms with van der Waals surface area (Å²) in [4.78, 5) is 8.40. The van der Waals surface area contributed by atoms with Crippen molar-refractivity contribution in [3.8, 4) is 22.8 Å². The van der Waals surface area contributed by atoms with Gasteiger partial charge in [0.25, 0.3) is 0 Å². The monoisotopic (exact) mass is 397 g/mol. The molecular formula is C19H20ClN7O. The summed E-state index contributed by atoms with van der Waals surface area (Å²) in [6, 6.07) is 11.8. The number of ether oxygens (including phenoxy) is 1. The number of halogens is 1. The predicted octanol–water partition coefficient (Wildman–Crippen LogP) is 2.77. The van der Waals surface area contributed by atoms with Crippen LogP contribution in [-0.4, -0.2) is 37.1 Å². The second kappa shape index (κ2) is 9.12. The highest BCUT2D eigenvalue weighted by atomic mass is 35.5. The van der Waals surface area contributed by atoms with Crippen LogP contribution in [0.3, 0.4) is 0 Å². The molecule has 0 spiro atoms. The van der Waals surface area contributed by atoms with Gasteiger partial charge in [-0.2, -0.15) is 10.2 Å². The summed E-state index contributed by atoms with van der Waals surface area (Å²) >= 11 is 0. The van der Waals surface area contributed by atoms with Crippen molar-refractivity contribution in [1.29, 1.82) is 0 Å². The Bertz CT molecular complexity index is 1020. The summed E-state index contributed by atoms with van der Waals surface area (Å²) in [7, 11) is 1.66. The molecule has 0 saturated heterocycles. The van der Waals surface area contributed by atoms with E-state index in [0.717, 1.165) is 34.0 Å². The van der Waals surface area contributed by atoms with E-state index < -0.39 is 0 Å². The van der Waals surface area contributed by atoms with Gasteiger partial charge in [-0.25, -0.2) is 14.6 Å². The highest BCUT2D eigenvalue weighted by Crippen LogP contribution is 2.25. The van der Waals surface area contributed by atoms with Gasteiger partial charge in [0, 0.05) is 36.0 Å². The van der Waals surface area contributed by atoms with Gasteiger partial charge in [-0.3, -0.25) is 5.10 Å². The van der Waals surface area contributed by atoms with Crippen LogP contribution in [0.1, 0.15) is 11.1 Å². The fourth-order valence-corrected chi connectivity index (χ4v) is 2.90. The van der Waals surface area contributed by atoms with Crippen LogP contribution in [0.4, 0.5) is 0 Å². The van der Waals surface area contributed by atoms with Crippen molar-refractivity contribution in [3.05, 3.63) is 72.6 Å². The molecule has 0 unspecified atom stereocenters. The summed E-state index contributed by atoms with van der Waals surface area (Å²) < 4.78 is 6.97. The van der Waals surface area contributed by atoms with Crippen LogP contribution < -0.4 is 10.1 Å². The van der Waals surface area contributed by atoms with Gasteiger partial charge in [0.15, 0.2) is 5.82 Å². The lowest BCUT2D eigenvalue weighted by Gasteiger charge is -2.10. The average molecular weight is 398 g/mol. The lowest BCUT2D eigenvalue weighted by Crippen LogP contribution is -2.15. The molecule has 144 valence electrons. The van der Waals surface area contributed by atoms with Crippen molar-refractivity contribution < 1.29 is 4.74 Å². The van der Waals surface area contributed by atoms with Crippen molar-refractivity contribution in [2.75, 3.05) is 7.11 Å². The third-order valence-electron chi connectivity index (χ3n) is 4.21. The molecule has 3 aromatic heterocycles. The molecule has 9 heteroatoms. The minimum absolute atomic E-state index is 0. The van der Waals surface area contributed by atoms with Crippen LogP contribution in [0.5, 0.6) is 5.75 Å². The van der Waals surface area contributed by atoms with Crippen LogP contribution in [-0.2, 0) is 13.1 Å². The smallest absolute Gasteiger partial charge is 0.159 e. The molecule has 4 rings (SSSR count). The van der Waals surface area contributed by atoms with Crippen molar-refractivity contribution in [1.82, 2.24) is 35.3 Å². The highest BCUT2D eigenvalue weighted by Gasteiger charge is 2.10. The average Bonchev–Trinajstić information content (AvgIpc) is 3.41. The number of benzene rings is 1. The minimum atomic E-state index is 0. The molecule has 0 amide bonds. The standard InChI is InChI=1S/C19H19N7O.ClH/c1-27-17-6-2-4-14(8-17)18-16(11-23-25-18)10-20-9-15-5-3-7-22-19(15)26-13-21-12-24-26;/h2-8,11-13,20H,9-10H2,1H3,(H,23,25);1H. The predicted molar refractivity (Wildman–Crippen MR) is 108 cm³/mol. The van der Waals surface area contributed by atoms with Crippen molar-refractivity contribution >= 4 is 12.4 Å². The number of nitrogens with one attached hydrogen (secondary N) is 2. The molecule has 0 bridgehead atoms. The Balaban J connectivity index is 0.00000225. The summed E-state index contributed by atoms with van der Waals surface area (Å²) in [6.07, 6.45) is 6.72. The topological polar surface area (TPSA) is 93.5 Å². The number of H-pyrrole nitrogens is 1. The number of rotatable bonds is 7. The molecular weight excluding hydrogens is 378 g/mol. The summed E-state index contributed by atoms with van der Waals surface area (Å²) in [5, 5.41) is 14.9. The summed E-state index contributed by atoms with van der Waals surface area (Å²) in [5.74, 6) is 1.58. The van der Waals surface area contributed by atoms with E-state index in [-0.39, 0.29) is 12.4 Å². The highest BCUT2D eigenvalue weighted by molar-refractivity contribution is 5.85. The number of aromatic nitrogens is 6. The van der Waals surface area contributed by atoms with Gasteiger partial charge in [0.1, 0.15) is 18.4 Å². The first-order chi connectivity index (χ1) is 13.3. The SMILES string of the molecule is COc1cccc(-c2[nH]ncc2CNCc2cccnc2-n2cncn2)c1.Cl. The van der Waals surface area contributed by atoms with Crippen LogP contribution in [0.25, 0.3) is 17.1 Å². The molecule has 1 aromatic carbocycles. The molecule has 8 nitrogen and oxygen atoms in total. The zero-order valence-corrected chi connectivity index (χ0v) is 16.1. The first kappa shape index (κ1) is 19.5. The minimum Gasteiger partial charge on any atom is -0.497 e.